The number of hydrogen-bond acceptors (Lipinski definition) is 2. The highest BCUT2D eigenvalue weighted by molar-refractivity contribution is 5.85. The molecule has 19 heavy (non-hydrogen) atoms. The van der Waals surface area contributed by atoms with E-state index < -0.39 is 0 Å². The number of rotatable bonds is 4. The second kappa shape index (κ2) is 7.88. The monoisotopic (exact) mass is 282 g/mol. The van der Waals surface area contributed by atoms with Crippen molar-refractivity contribution >= 4 is 12.4 Å². The number of likely N-dealkylation sites (tertiary alicyclic amines) is 1. The fourth-order valence-electron chi connectivity index (χ4n) is 2.62. The fraction of sp³-hybridized carbons (Fsp3) is 0.625. The average Bonchev–Trinajstić information content (AvgIpc) is 2.34. The van der Waals surface area contributed by atoms with Crippen LogP contribution in [0.3, 0.4) is 0 Å². The molecule has 0 atom stereocenters. The maximum absolute atomic E-state index is 5.93. The van der Waals surface area contributed by atoms with Crippen molar-refractivity contribution in [3.05, 3.63) is 35.4 Å². The molecule has 0 radical (unpaired) electrons. The summed E-state index contributed by atoms with van der Waals surface area (Å²) in [6.07, 6.45) is 3.47. The highest BCUT2D eigenvalue weighted by Crippen LogP contribution is 2.14. The lowest BCUT2D eigenvalue weighted by Crippen LogP contribution is -2.39. The van der Waals surface area contributed by atoms with Gasteiger partial charge in [0.25, 0.3) is 0 Å². The van der Waals surface area contributed by atoms with E-state index in [4.69, 9.17) is 5.73 Å². The summed E-state index contributed by atoms with van der Waals surface area (Å²) in [5, 5.41) is 0. The zero-order valence-electron chi connectivity index (χ0n) is 12.1. The average molecular weight is 283 g/mol. The molecule has 0 amide bonds. The van der Waals surface area contributed by atoms with E-state index in [1.165, 1.54) is 17.5 Å². The van der Waals surface area contributed by atoms with Crippen LogP contribution in [-0.4, -0.2) is 24.0 Å². The summed E-state index contributed by atoms with van der Waals surface area (Å²) >= 11 is 0. The van der Waals surface area contributed by atoms with Crippen LogP contribution >= 0.6 is 12.4 Å². The van der Waals surface area contributed by atoms with Gasteiger partial charge in [-0.05, 0) is 49.4 Å². The molecule has 0 bridgehead atoms. The second-order valence-electron chi connectivity index (χ2n) is 6.03. The van der Waals surface area contributed by atoms with Crippen LogP contribution in [0.2, 0.25) is 0 Å². The van der Waals surface area contributed by atoms with Crippen molar-refractivity contribution in [3.63, 3.8) is 0 Å². The predicted octanol–water partition coefficient (Wildman–Crippen LogP) is 3.23. The van der Waals surface area contributed by atoms with Crippen molar-refractivity contribution in [1.29, 1.82) is 0 Å². The number of hydrogen-bond donors (Lipinski definition) is 1. The molecule has 0 aromatic heterocycles. The van der Waals surface area contributed by atoms with E-state index in [-0.39, 0.29) is 12.4 Å². The molecule has 0 unspecified atom stereocenters. The van der Waals surface area contributed by atoms with Crippen LogP contribution in [0.4, 0.5) is 0 Å². The van der Waals surface area contributed by atoms with Crippen molar-refractivity contribution in [3.8, 4) is 0 Å². The van der Waals surface area contributed by atoms with E-state index in [9.17, 15) is 0 Å². The Kier molecular flexibility index (Phi) is 6.84. The van der Waals surface area contributed by atoms with Crippen LogP contribution in [-0.2, 0) is 13.0 Å². The minimum Gasteiger partial charge on any atom is -0.328 e. The maximum atomic E-state index is 5.93. The van der Waals surface area contributed by atoms with Crippen LogP contribution in [0.15, 0.2) is 24.3 Å². The Labute approximate surface area is 123 Å². The van der Waals surface area contributed by atoms with Crippen LogP contribution < -0.4 is 5.73 Å². The number of halogens is 1. The van der Waals surface area contributed by atoms with Crippen molar-refractivity contribution in [2.24, 2.45) is 11.7 Å². The maximum Gasteiger partial charge on any atom is 0.0233 e. The van der Waals surface area contributed by atoms with Gasteiger partial charge in [-0.25, -0.2) is 0 Å². The Balaban J connectivity index is 0.00000180. The van der Waals surface area contributed by atoms with E-state index in [0.29, 0.717) is 6.04 Å². The quantitative estimate of drug-likeness (QED) is 0.919. The minimum atomic E-state index is 0. The third-order valence-corrected chi connectivity index (χ3v) is 3.71. The first kappa shape index (κ1) is 16.5. The largest absolute Gasteiger partial charge is 0.328 e. The topological polar surface area (TPSA) is 29.3 Å². The summed E-state index contributed by atoms with van der Waals surface area (Å²) in [7, 11) is 0. The third kappa shape index (κ3) is 5.52. The zero-order valence-corrected chi connectivity index (χ0v) is 13.0. The molecule has 1 fully saturated rings. The summed E-state index contributed by atoms with van der Waals surface area (Å²) in [5.41, 5.74) is 8.81. The molecule has 0 aliphatic carbocycles. The molecule has 2 nitrogen and oxygen atoms in total. The lowest BCUT2D eigenvalue weighted by atomic mass is 10.0. The summed E-state index contributed by atoms with van der Waals surface area (Å²) in [6.45, 7) is 7.91. The number of nitrogens with zero attached hydrogens (tertiary/aromatic N) is 1. The van der Waals surface area contributed by atoms with Gasteiger partial charge in [-0.15, -0.1) is 12.4 Å². The van der Waals surface area contributed by atoms with E-state index >= 15 is 0 Å². The molecule has 3 heteroatoms. The van der Waals surface area contributed by atoms with Crippen molar-refractivity contribution in [1.82, 2.24) is 4.90 Å². The molecule has 2 N–H and O–H groups in total. The Morgan fingerprint density at radius 1 is 1.11 bits per heavy atom. The number of nitrogens with two attached hydrogens (primary N) is 1. The Bertz CT molecular complexity index is 354. The summed E-state index contributed by atoms with van der Waals surface area (Å²) in [5.74, 6) is 0.736. The standard InChI is InChI=1S/C16H26N2.ClH/c1-13(2)11-14-3-5-15(6-4-14)12-18-9-7-16(17)8-10-18;/h3-6,13,16H,7-12,17H2,1-2H3;1H. The molecule has 108 valence electrons. The van der Waals surface area contributed by atoms with E-state index in [0.717, 1.165) is 38.4 Å². The Morgan fingerprint density at radius 2 is 1.63 bits per heavy atom. The zero-order chi connectivity index (χ0) is 13.0. The van der Waals surface area contributed by atoms with Gasteiger partial charge in [0.1, 0.15) is 0 Å². The van der Waals surface area contributed by atoms with Gasteiger partial charge in [-0.1, -0.05) is 38.1 Å². The first-order chi connectivity index (χ1) is 8.63. The van der Waals surface area contributed by atoms with Gasteiger partial charge in [0, 0.05) is 12.6 Å². The first-order valence-corrected chi connectivity index (χ1v) is 7.19. The normalized spacial score (nSPS) is 17.5. The smallest absolute Gasteiger partial charge is 0.0233 e. The SMILES string of the molecule is CC(C)Cc1ccc(CN2CCC(N)CC2)cc1.Cl. The molecule has 0 spiro atoms. The number of piperidine rings is 1. The van der Waals surface area contributed by atoms with Crippen LogP contribution in [0.25, 0.3) is 0 Å². The molecule has 1 saturated heterocycles. The van der Waals surface area contributed by atoms with Gasteiger partial charge in [0.05, 0.1) is 0 Å². The van der Waals surface area contributed by atoms with Crippen molar-refractivity contribution in [2.45, 2.75) is 45.7 Å². The lowest BCUT2D eigenvalue weighted by Gasteiger charge is -2.30. The van der Waals surface area contributed by atoms with Gasteiger partial charge in [-0.3, -0.25) is 4.90 Å². The minimum absolute atomic E-state index is 0. The molecule has 1 heterocycles. The predicted molar refractivity (Wildman–Crippen MR) is 84.7 cm³/mol. The highest BCUT2D eigenvalue weighted by Gasteiger charge is 2.15. The molecule has 0 saturated carbocycles. The molecule has 1 aliphatic rings. The first-order valence-electron chi connectivity index (χ1n) is 7.19. The van der Waals surface area contributed by atoms with E-state index in [1.54, 1.807) is 0 Å². The highest BCUT2D eigenvalue weighted by atomic mass is 35.5. The molecular formula is C16H27ClN2. The Morgan fingerprint density at radius 3 is 2.16 bits per heavy atom. The van der Waals surface area contributed by atoms with Gasteiger partial charge < -0.3 is 5.73 Å². The third-order valence-electron chi connectivity index (χ3n) is 3.71. The lowest BCUT2D eigenvalue weighted by molar-refractivity contribution is 0.205. The fourth-order valence-corrected chi connectivity index (χ4v) is 2.62. The van der Waals surface area contributed by atoms with Gasteiger partial charge in [0.2, 0.25) is 0 Å². The molecular weight excluding hydrogens is 256 g/mol. The van der Waals surface area contributed by atoms with Crippen molar-refractivity contribution < 1.29 is 0 Å². The second-order valence-corrected chi connectivity index (χ2v) is 6.03. The summed E-state index contributed by atoms with van der Waals surface area (Å²) < 4.78 is 0. The van der Waals surface area contributed by atoms with Crippen molar-refractivity contribution in [2.75, 3.05) is 13.1 Å². The van der Waals surface area contributed by atoms with Gasteiger partial charge in [-0.2, -0.15) is 0 Å². The molecule has 1 aromatic rings. The molecule has 2 rings (SSSR count). The van der Waals surface area contributed by atoms with E-state index in [1.807, 2.05) is 0 Å². The summed E-state index contributed by atoms with van der Waals surface area (Å²) in [4.78, 5) is 2.51. The van der Waals surface area contributed by atoms with Gasteiger partial charge in [0.15, 0.2) is 0 Å². The Hall–Kier alpha value is -0.570. The molecule has 1 aliphatic heterocycles. The van der Waals surface area contributed by atoms with Crippen LogP contribution in [0.5, 0.6) is 0 Å². The van der Waals surface area contributed by atoms with E-state index in [2.05, 4.69) is 43.0 Å². The van der Waals surface area contributed by atoms with Crippen LogP contribution in [0.1, 0.15) is 37.8 Å². The van der Waals surface area contributed by atoms with Gasteiger partial charge >= 0.3 is 0 Å². The molecule has 1 aromatic carbocycles. The number of benzene rings is 1. The van der Waals surface area contributed by atoms with Crippen LogP contribution in [0, 0.1) is 5.92 Å². The summed E-state index contributed by atoms with van der Waals surface area (Å²) in [6, 6.07) is 9.56.